The number of azo groups is 1. The number of nitrogens with zero attached hydrogens (tertiary/aromatic N) is 2. The van der Waals surface area contributed by atoms with E-state index in [1.54, 1.807) is 13.2 Å². The standard InChI is InChI=1S/C16H14N2O5S2/c1-9-13(8-15(23-2)24-9)17-18-16-12-5-4-11(25(20,21)22)7-10(12)3-6-14(16)19/h3-8,19H,1-2H3,(H,20,21,22). The number of phenolic OH excluding ortho intramolecular Hbond substituents is 1. The molecule has 130 valence electrons. The van der Waals surface area contributed by atoms with Crippen molar-refractivity contribution < 1.29 is 22.8 Å². The number of aromatic hydroxyl groups is 1. The molecule has 0 saturated heterocycles. The minimum Gasteiger partial charge on any atom is -0.506 e. The molecule has 0 radical (unpaired) electrons. The molecule has 0 unspecified atom stereocenters. The third kappa shape index (κ3) is 3.48. The largest absolute Gasteiger partial charge is 0.506 e. The van der Waals surface area contributed by atoms with Crippen molar-refractivity contribution >= 4 is 43.6 Å². The quantitative estimate of drug-likeness (QED) is 0.510. The number of hydrogen-bond donors (Lipinski definition) is 2. The van der Waals surface area contributed by atoms with Crippen LogP contribution in [0, 0.1) is 6.92 Å². The lowest BCUT2D eigenvalue weighted by molar-refractivity contribution is 0.427. The second-order valence-corrected chi connectivity index (χ2v) is 7.84. The van der Waals surface area contributed by atoms with Crippen LogP contribution in [0.5, 0.6) is 10.8 Å². The van der Waals surface area contributed by atoms with Gasteiger partial charge >= 0.3 is 0 Å². The Balaban J connectivity index is 2.10. The van der Waals surface area contributed by atoms with Gasteiger partial charge in [0.2, 0.25) is 0 Å². The Kier molecular flexibility index (Phi) is 4.46. The highest BCUT2D eigenvalue weighted by Gasteiger charge is 2.13. The van der Waals surface area contributed by atoms with E-state index in [0.717, 1.165) is 4.88 Å². The lowest BCUT2D eigenvalue weighted by Crippen LogP contribution is -1.97. The smallest absolute Gasteiger partial charge is 0.294 e. The zero-order chi connectivity index (χ0) is 18.2. The average molecular weight is 378 g/mol. The molecular formula is C16H14N2O5S2. The SMILES string of the molecule is COc1cc(N=Nc2c(O)ccc3cc(S(=O)(=O)O)ccc23)c(C)s1. The Bertz CT molecular complexity index is 1090. The molecule has 25 heavy (non-hydrogen) atoms. The molecule has 0 aliphatic carbocycles. The summed E-state index contributed by atoms with van der Waals surface area (Å²) in [6, 6.07) is 8.69. The Morgan fingerprint density at radius 2 is 1.88 bits per heavy atom. The Labute approximate surface area is 148 Å². The van der Waals surface area contributed by atoms with Crippen molar-refractivity contribution in [2.45, 2.75) is 11.8 Å². The number of fused-ring (bicyclic) bond motifs is 1. The summed E-state index contributed by atoms with van der Waals surface area (Å²) >= 11 is 1.43. The normalized spacial score (nSPS) is 12.1. The van der Waals surface area contributed by atoms with Crippen LogP contribution in [0.2, 0.25) is 0 Å². The summed E-state index contributed by atoms with van der Waals surface area (Å²) in [5, 5.41) is 20.1. The second-order valence-electron chi connectivity index (χ2n) is 5.20. The van der Waals surface area contributed by atoms with Gasteiger partial charge in [-0.2, -0.15) is 8.42 Å². The van der Waals surface area contributed by atoms with Crippen LogP contribution in [0.25, 0.3) is 10.8 Å². The van der Waals surface area contributed by atoms with Crippen molar-refractivity contribution in [1.82, 2.24) is 0 Å². The van der Waals surface area contributed by atoms with Crippen LogP contribution in [-0.4, -0.2) is 25.2 Å². The maximum atomic E-state index is 11.3. The van der Waals surface area contributed by atoms with Gasteiger partial charge in [-0.05, 0) is 30.5 Å². The molecule has 0 aliphatic heterocycles. The Morgan fingerprint density at radius 3 is 2.52 bits per heavy atom. The fourth-order valence-corrected chi connectivity index (χ4v) is 3.57. The van der Waals surface area contributed by atoms with E-state index in [0.29, 0.717) is 21.5 Å². The third-order valence-electron chi connectivity index (χ3n) is 3.57. The van der Waals surface area contributed by atoms with Crippen LogP contribution in [0.1, 0.15) is 4.88 Å². The summed E-state index contributed by atoms with van der Waals surface area (Å²) in [4.78, 5) is 0.681. The fourth-order valence-electron chi connectivity index (χ4n) is 2.30. The molecule has 0 aliphatic rings. The molecule has 2 aromatic carbocycles. The van der Waals surface area contributed by atoms with Crippen LogP contribution in [0.3, 0.4) is 0 Å². The van der Waals surface area contributed by atoms with E-state index in [2.05, 4.69) is 10.2 Å². The van der Waals surface area contributed by atoms with Crippen LogP contribution in [-0.2, 0) is 10.1 Å². The van der Waals surface area contributed by atoms with Crippen LogP contribution >= 0.6 is 11.3 Å². The molecule has 0 amide bonds. The van der Waals surface area contributed by atoms with Gasteiger partial charge in [0.1, 0.15) is 17.1 Å². The van der Waals surface area contributed by atoms with Gasteiger partial charge in [-0.15, -0.1) is 21.6 Å². The molecule has 0 saturated carbocycles. The second kappa shape index (κ2) is 6.43. The van der Waals surface area contributed by atoms with Crippen molar-refractivity contribution in [3.8, 4) is 10.8 Å². The molecule has 0 bridgehead atoms. The fraction of sp³-hybridized carbons (Fsp3) is 0.125. The first-order valence-electron chi connectivity index (χ1n) is 7.09. The lowest BCUT2D eigenvalue weighted by Gasteiger charge is -2.05. The summed E-state index contributed by atoms with van der Waals surface area (Å²) in [5.74, 6) is -0.0873. The minimum absolute atomic E-state index is 0.0873. The summed E-state index contributed by atoms with van der Waals surface area (Å²) in [7, 11) is -2.74. The third-order valence-corrected chi connectivity index (χ3v) is 5.42. The van der Waals surface area contributed by atoms with Gasteiger partial charge < -0.3 is 9.84 Å². The molecular weight excluding hydrogens is 364 g/mol. The molecule has 1 aromatic heterocycles. The van der Waals surface area contributed by atoms with Crippen molar-refractivity contribution in [2.24, 2.45) is 10.2 Å². The van der Waals surface area contributed by atoms with Crippen LogP contribution < -0.4 is 4.74 Å². The van der Waals surface area contributed by atoms with E-state index in [9.17, 15) is 13.5 Å². The van der Waals surface area contributed by atoms with E-state index < -0.39 is 10.1 Å². The topological polar surface area (TPSA) is 109 Å². The maximum absolute atomic E-state index is 11.3. The van der Waals surface area contributed by atoms with Crippen molar-refractivity contribution in [1.29, 1.82) is 0 Å². The molecule has 3 aromatic rings. The molecule has 7 nitrogen and oxygen atoms in total. The molecule has 0 fully saturated rings. The highest BCUT2D eigenvalue weighted by molar-refractivity contribution is 7.85. The Hall–Kier alpha value is -2.49. The summed E-state index contributed by atoms with van der Waals surface area (Å²) in [5.41, 5.74) is 0.830. The van der Waals surface area contributed by atoms with E-state index in [-0.39, 0.29) is 16.3 Å². The number of aryl methyl sites for hydroxylation is 1. The van der Waals surface area contributed by atoms with E-state index in [4.69, 9.17) is 9.29 Å². The maximum Gasteiger partial charge on any atom is 0.294 e. The zero-order valence-corrected chi connectivity index (χ0v) is 14.9. The van der Waals surface area contributed by atoms with E-state index in [1.165, 1.54) is 41.7 Å². The molecule has 2 N–H and O–H groups in total. The molecule has 9 heteroatoms. The number of benzene rings is 2. The van der Waals surface area contributed by atoms with Gasteiger partial charge in [0, 0.05) is 16.3 Å². The average Bonchev–Trinajstić information content (AvgIpc) is 2.93. The van der Waals surface area contributed by atoms with Crippen molar-refractivity contribution in [3.05, 3.63) is 41.3 Å². The first-order valence-corrected chi connectivity index (χ1v) is 9.34. The van der Waals surface area contributed by atoms with Gasteiger partial charge in [0.25, 0.3) is 10.1 Å². The molecule has 0 spiro atoms. The minimum atomic E-state index is -4.31. The molecule has 0 atom stereocenters. The summed E-state index contributed by atoms with van der Waals surface area (Å²) < 4.78 is 36.8. The number of rotatable bonds is 4. The van der Waals surface area contributed by atoms with Gasteiger partial charge in [-0.1, -0.05) is 12.1 Å². The van der Waals surface area contributed by atoms with Gasteiger partial charge in [0.15, 0.2) is 5.06 Å². The number of phenols is 1. The molecule has 3 rings (SSSR count). The first kappa shape index (κ1) is 17.3. The Morgan fingerprint density at radius 1 is 1.12 bits per heavy atom. The van der Waals surface area contributed by atoms with Gasteiger partial charge in [0.05, 0.1) is 12.0 Å². The van der Waals surface area contributed by atoms with E-state index in [1.807, 2.05) is 6.92 Å². The first-order chi connectivity index (χ1) is 11.8. The lowest BCUT2D eigenvalue weighted by atomic mass is 10.1. The van der Waals surface area contributed by atoms with Crippen LogP contribution in [0.4, 0.5) is 11.4 Å². The number of methoxy groups -OCH3 is 1. The highest BCUT2D eigenvalue weighted by atomic mass is 32.2. The predicted molar refractivity (Wildman–Crippen MR) is 95.2 cm³/mol. The monoisotopic (exact) mass is 378 g/mol. The highest BCUT2D eigenvalue weighted by Crippen LogP contribution is 2.39. The van der Waals surface area contributed by atoms with Gasteiger partial charge in [-0.25, -0.2) is 0 Å². The number of hydrogen-bond acceptors (Lipinski definition) is 7. The van der Waals surface area contributed by atoms with Crippen LogP contribution in [0.15, 0.2) is 51.5 Å². The summed E-state index contributed by atoms with van der Waals surface area (Å²) in [6.07, 6.45) is 0. The zero-order valence-electron chi connectivity index (χ0n) is 13.3. The van der Waals surface area contributed by atoms with Crippen molar-refractivity contribution in [2.75, 3.05) is 7.11 Å². The number of ether oxygens (including phenoxy) is 1. The van der Waals surface area contributed by atoms with E-state index >= 15 is 0 Å². The molecule has 1 heterocycles. The number of thiophene rings is 1. The summed E-state index contributed by atoms with van der Waals surface area (Å²) in [6.45, 7) is 1.88. The predicted octanol–water partition coefficient (Wildman–Crippen LogP) is 4.59. The van der Waals surface area contributed by atoms with Gasteiger partial charge in [-0.3, -0.25) is 4.55 Å². The van der Waals surface area contributed by atoms with Crippen molar-refractivity contribution in [3.63, 3.8) is 0 Å².